The standard InChI is InChI=1S/C21H22O5/c1-24-17-12-9-15(10-13-17)11-14-18(16-7-5-4-6-8-16)19(20(22)25-2)21(23)26-3/h4-14,18-19H,1-3H3/b14-11+. The summed E-state index contributed by atoms with van der Waals surface area (Å²) in [6, 6.07) is 16.8. The summed E-state index contributed by atoms with van der Waals surface area (Å²) in [5.74, 6) is -2.11. The highest BCUT2D eigenvalue weighted by molar-refractivity contribution is 5.96. The van der Waals surface area contributed by atoms with Crippen LogP contribution < -0.4 is 4.74 Å². The first-order valence-electron chi connectivity index (χ1n) is 8.13. The molecular weight excluding hydrogens is 332 g/mol. The van der Waals surface area contributed by atoms with Crippen LogP contribution >= 0.6 is 0 Å². The summed E-state index contributed by atoms with van der Waals surface area (Å²) in [5.41, 5.74) is 1.73. The minimum absolute atomic E-state index is 0.516. The van der Waals surface area contributed by atoms with Crippen molar-refractivity contribution in [2.75, 3.05) is 21.3 Å². The van der Waals surface area contributed by atoms with E-state index in [0.717, 1.165) is 16.9 Å². The van der Waals surface area contributed by atoms with Gasteiger partial charge in [-0.2, -0.15) is 0 Å². The first kappa shape index (κ1) is 19.2. The van der Waals surface area contributed by atoms with E-state index in [-0.39, 0.29) is 0 Å². The third kappa shape index (κ3) is 4.72. The topological polar surface area (TPSA) is 61.8 Å². The number of ether oxygens (including phenoxy) is 3. The molecule has 26 heavy (non-hydrogen) atoms. The van der Waals surface area contributed by atoms with Crippen molar-refractivity contribution in [3.05, 3.63) is 71.8 Å². The molecule has 0 saturated heterocycles. The van der Waals surface area contributed by atoms with E-state index in [4.69, 9.17) is 14.2 Å². The molecule has 0 fully saturated rings. The molecule has 0 amide bonds. The second kappa shape index (κ2) is 9.42. The van der Waals surface area contributed by atoms with Crippen LogP contribution in [0.15, 0.2) is 60.7 Å². The first-order valence-corrected chi connectivity index (χ1v) is 8.13. The van der Waals surface area contributed by atoms with Gasteiger partial charge in [-0.05, 0) is 23.3 Å². The van der Waals surface area contributed by atoms with Gasteiger partial charge in [0.1, 0.15) is 5.75 Å². The minimum atomic E-state index is -1.08. The summed E-state index contributed by atoms with van der Waals surface area (Å²) in [6.45, 7) is 0. The fourth-order valence-corrected chi connectivity index (χ4v) is 2.66. The average Bonchev–Trinajstić information content (AvgIpc) is 2.71. The third-order valence-electron chi connectivity index (χ3n) is 4.07. The zero-order valence-electron chi connectivity index (χ0n) is 15.0. The lowest BCUT2D eigenvalue weighted by molar-refractivity contribution is -0.159. The highest BCUT2D eigenvalue weighted by atomic mass is 16.5. The SMILES string of the molecule is COC(=O)C(C(=O)OC)C(/C=C/c1ccc(OC)cc1)c1ccccc1. The van der Waals surface area contributed by atoms with Crippen LogP contribution in [0.2, 0.25) is 0 Å². The van der Waals surface area contributed by atoms with E-state index < -0.39 is 23.8 Å². The van der Waals surface area contributed by atoms with E-state index in [1.54, 1.807) is 7.11 Å². The first-order chi connectivity index (χ1) is 12.6. The molecule has 0 saturated carbocycles. The lowest BCUT2D eigenvalue weighted by atomic mass is 9.85. The van der Waals surface area contributed by atoms with Crippen LogP contribution in [0.25, 0.3) is 6.08 Å². The highest BCUT2D eigenvalue weighted by Crippen LogP contribution is 2.29. The summed E-state index contributed by atoms with van der Waals surface area (Å²) in [4.78, 5) is 24.5. The van der Waals surface area contributed by atoms with Crippen LogP contribution in [0.4, 0.5) is 0 Å². The molecule has 0 spiro atoms. The van der Waals surface area contributed by atoms with Gasteiger partial charge in [-0.15, -0.1) is 0 Å². The van der Waals surface area contributed by atoms with E-state index in [0.29, 0.717) is 0 Å². The molecular formula is C21H22O5. The van der Waals surface area contributed by atoms with Crippen LogP contribution in [0.5, 0.6) is 5.75 Å². The van der Waals surface area contributed by atoms with Crippen LogP contribution in [-0.2, 0) is 19.1 Å². The summed E-state index contributed by atoms with van der Waals surface area (Å²) in [5, 5.41) is 0. The normalized spacial score (nSPS) is 12.0. The fourth-order valence-electron chi connectivity index (χ4n) is 2.66. The number of hydrogen-bond acceptors (Lipinski definition) is 5. The number of carbonyl (C=O) groups is 2. The van der Waals surface area contributed by atoms with Crippen molar-refractivity contribution in [3.63, 3.8) is 0 Å². The van der Waals surface area contributed by atoms with Gasteiger partial charge in [-0.3, -0.25) is 9.59 Å². The number of allylic oxidation sites excluding steroid dienone is 1. The Labute approximate surface area is 153 Å². The molecule has 0 heterocycles. The summed E-state index contributed by atoms with van der Waals surface area (Å²) < 4.78 is 14.8. The van der Waals surface area contributed by atoms with Crippen molar-refractivity contribution in [2.24, 2.45) is 5.92 Å². The Morgan fingerprint density at radius 1 is 0.846 bits per heavy atom. The number of carbonyl (C=O) groups excluding carboxylic acids is 2. The molecule has 0 aliphatic heterocycles. The summed E-state index contributed by atoms with van der Waals surface area (Å²) >= 11 is 0. The zero-order valence-corrected chi connectivity index (χ0v) is 15.0. The molecule has 0 radical (unpaired) electrons. The van der Waals surface area contributed by atoms with Crippen molar-refractivity contribution >= 4 is 18.0 Å². The molecule has 2 aromatic rings. The molecule has 5 nitrogen and oxygen atoms in total. The summed E-state index contributed by atoms with van der Waals surface area (Å²) in [7, 11) is 4.12. The van der Waals surface area contributed by atoms with Gasteiger partial charge in [-0.25, -0.2) is 0 Å². The number of rotatable bonds is 7. The van der Waals surface area contributed by atoms with E-state index in [1.165, 1.54) is 14.2 Å². The molecule has 1 atom stereocenters. The van der Waals surface area contributed by atoms with Crippen molar-refractivity contribution in [2.45, 2.75) is 5.92 Å². The van der Waals surface area contributed by atoms with Gasteiger partial charge >= 0.3 is 11.9 Å². The van der Waals surface area contributed by atoms with Crippen molar-refractivity contribution in [1.29, 1.82) is 0 Å². The van der Waals surface area contributed by atoms with E-state index in [2.05, 4.69) is 0 Å². The molecule has 2 aromatic carbocycles. The lowest BCUT2D eigenvalue weighted by Crippen LogP contribution is -2.31. The average molecular weight is 354 g/mol. The largest absolute Gasteiger partial charge is 0.497 e. The maximum absolute atomic E-state index is 12.2. The van der Waals surface area contributed by atoms with E-state index in [9.17, 15) is 9.59 Å². The van der Waals surface area contributed by atoms with E-state index >= 15 is 0 Å². The van der Waals surface area contributed by atoms with Gasteiger partial charge in [0.2, 0.25) is 0 Å². The monoisotopic (exact) mass is 354 g/mol. The Hall–Kier alpha value is -3.08. The Bertz CT molecular complexity index is 734. The predicted octanol–water partition coefficient (Wildman–Crippen LogP) is 3.45. The van der Waals surface area contributed by atoms with Crippen LogP contribution in [-0.4, -0.2) is 33.3 Å². The van der Waals surface area contributed by atoms with Gasteiger partial charge in [0.05, 0.1) is 21.3 Å². The third-order valence-corrected chi connectivity index (χ3v) is 4.07. The maximum atomic E-state index is 12.2. The van der Waals surface area contributed by atoms with Gasteiger partial charge in [0.15, 0.2) is 5.92 Å². The van der Waals surface area contributed by atoms with Crippen LogP contribution in [0.1, 0.15) is 17.0 Å². The van der Waals surface area contributed by atoms with Crippen molar-refractivity contribution in [3.8, 4) is 5.75 Å². The number of benzene rings is 2. The molecule has 0 N–H and O–H groups in total. The number of esters is 2. The second-order valence-electron chi connectivity index (χ2n) is 5.59. The van der Waals surface area contributed by atoms with Crippen LogP contribution in [0, 0.1) is 5.92 Å². The molecule has 1 unspecified atom stereocenters. The van der Waals surface area contributed by atoms with Crippen molar-refractivity contribution < 1.29 is 23.8 Å². The quantitative estimate of drug-likeness (QED) is 0.563. The molecule has 0 aromatic heterocycles. The second-order valence-corrected chi connectivity index (χ2v) is 5.59. The Kier molecular flexibility index (Phi) is 6.97. The smallest absolute Gasteiger partial charge is 0.321 e. The van der Waals surface area contributed by atoms with Gasteiger partial charge in [0, 0.05) is 5.92 Å². The van der Waals surface area contributed by atoms with Crippen molar-refractivity contribution in [1.82, 2.24) is 0 Å². The molecule has 0 aliphatic carbocycles. The maximum Gasteiger partial charge on any atom is 0.321 e. The summed E-state index contributed by atoms with van der Waals surface area (Å²) in [6.07, 6.45) is 3.67. The predicted molar refractivity (Wildman–Crippen MR) is 98.7 cm³/mol. The molecule has 0 aliphatic rings. The zero-order chi connectivity index (χ0) is 18.9. The van der Waals surface area contributed by atoms with Gasteiger partial charge < -0.3 is 14.2 Å². The minimum Gasteiger partial charge on any atom is -0.497 e. The number of methoxy groups -OCH3 is 3. The molecule has 0 bridgehead atoms. The highest BCUT2D eigenvalue weighted by Gasteiger charge is 2.36. The molecule has 2 rings (SSSR count). The fraction of sp³-hybridized carbons (Fsp3) is 0.238. The molecule has 136 valence electrons. The Balaban J connectivity index is 2.40. The van der Waals surface area contributed by atoms with Gasteiger partial charge in [-0.1, -0.05) is 54.6 Å². The lowest BCUT2D eigenvalue weighted by Gasteiger charge is -2.21. The Morgan fingerprint density at radius 2 is 1.42 bits per heavy atom. The van der Waals surface area contributed by atoms with E-state index in [1.807, 2.05) is 66.7 Å². The number of hydrogen-bond donors (Lipinski definition) is 0. The molecule has 5 heteroatoms. The Morgan fingerprint density at radius 3 is 1.92 bits per heavy atom. The van der Waals surface area contributed by atoms with Gasteiger partial charge in [0.25, 0.3) is 0 Å². The van der Waals surface area contributed by atoms with Crippen LogP contribution in [0.3, 0.4) is 0 Å².